The van der Waals surface area contributed by atoms with Gasteiger partial charge in [-0.25, -0.2) is 8.42 Å². The van der Waals surface area contributed by atoms with Gasteiger partial charge in [0.25, 0.3) is 0 Å². The Morgan fingerprint density at radius 1 is 1.37 bits per heavy atom. The number of aromatic nitrogens is 1. The summed E-state index contributed by atoms with van der Waals surface area (Å²) in [4.78, 5) is 11.8. The van der Waals surface area contributed by atoms with Crippen LogP contribution in [0.25, 0.3) is 0 Å². The Labute approximate surface area is 111 Å². The zero-order valence-corrected chi connectivity index (χ0v) is 11.7. The van der Waals surface area contributed by atoms with E-state index < -0.39 is 16.1 Å². The molecule has 0 aromatic carbocycles. The first-order chi connectivity index (χ1) is 8.92. The van der Waals surface area contributed by atoms with E-state index in [2.05, 4.69) is 15.2 Å². The summed E-state index contributed by atoms with van der Waals surface area (Å²) in [5.41, 5.74) is 0.291. The molecule has 1 fully saturated rings. The van der Waals surface area contributed by atoms with Crippen molar-refractivity contribution in [3.05, 3.63) is 11.5 Å². The van der Waals surface area contributed by atoms with Crippen molar-refractivity contribution in [3.8, 4) is 0 Å². The van der Waals surface area contributed by atoms with Crippen LogP contribution in [-0.2, 0) is 14.8 Å². The number of carbonyl (C=O) groups is 1. The van der Waals surface area contributed by atoms with Crippen LogP contribution in [0.3, 0.4) is 0 Å². The van der Waals surface area contributed by atoms with Crippen molar-refractivity contribution in [1.29, 1.82) is 0 Å². The minimum absolute atomic E-state index is 0.0181. The number of nitrogens with zero attached hydrogens (tertiary/aromatic N) is 1. The summed E-state index contributed by atoms with van der Waals surface area (Å²) in [6.45, 7) is 3.67. The van der Waals surface area contributed by atoms with Crippen LogP contribution in [0.1, 0.15) is 30.7 Å². The number of nitrogens with one attached hydrogen (secondary N) is 2. The number of carbonyl (C=O) groups excluding carboxylic acids is 1. The number of rotatable bonds is 3. The van der Waals surface area contributed by atoms with Crippen molar-refractivity contribution in [1.82, 2.24) is 15.2 Å². The fourth-order valence-electron chi connectivity index (χ4n) is 2.16. The van der Waals surface area contributed by atoms with E-state index in [9.17, 15) is 13.2 Å². The maximum absolute atomic E-state index is 12.3. The van der Waals surface area contributed by atoms with Gasteiger partial charge in [-0.15, -0.1) is 0 Å². The van der Waals surface area contributed by atoms with Crippen LogP contribution in [0, 0.1) is 13.8 Å². The van der Waals surface area contributed by atoms with Gasteiger partial charge in [-0.05, 0) is 33.1 Å². The van der Waals surface area contributed by atoms with Crippen LogP contribution in [0.4, 0.5) is 0 Å². The third-order valence-electron chi connectivity index (χ3n) is 3.07. The summed E-state index contributed by atoms with van der Waals surface area (Å²) in [7, 11) is -3.79. The van der Waals surface area contributed by atoms with Gasteiger partial charge in [-0.1, -0.05) is 5.16 Å². The molecule has 0 bridgehead atoms. The molecule has 8 heteroatoms. The predicted molar refractivity (Wildman–Crippen MR) is 66.9 cm³/mol. The first-order valence-electron chi connectivity index (χ1n) is 6.15. The monoisotopic (exact) mass is 287 g/mol. The minimum Gasteiger partial charge on any atom is -0.360 e. The third kappa shape index (κ3) is 2.95. The van der Waals surface area contributed by atoms with Crippen molar-refractivity contribution < 1.29 is 17.7 Å². The molecule has 1 amide bonds. The van der Waals surface area contributed by atoms with Crippen molar-refractivity contribution >= 4 is 15.9 Å². The second-order valence-electron chi connectivity index (χ2n) is 4.61. The Bertz CT molecular complexity index is 559. The smallest absolute Gasteiger partial charge is 0.246 e. The van der Waals surface area contributed by atoms with Gasteiger partial charge < -0.3 is 9.84 Å². The van der Waals surface area contributed by atoms with Gasteiger partial charge in [0, 0.05) is 6.54 Å². The Balaban J connectivity index is 2.24. The average Bonchev–Trinajstić information content (AvgIpc) is 2.54. The molecule has 1 aromatic heterocycles. The molecule has 1 unspecified atom stereocenters. The molecule has 7 nitrogen and oxygen atoms in total. The molecule has 1 saturated heterocycles. The van der Waals surface area contributed by atoms with Crippen LogP contribution < -0.4 is 10.0 Å². The van der Waals surface area contributed by atoms with Gasteiger partial charge in [0.15, 0.2) is 5.76 Å². The zero-order chi connectivity index (χ0) is 14.0. The van der Waals surface area contributed by atoms with Crippen molar-refractivity contribution in [2.75, 3.05) is 6.54 Å². The molecule has 1 aromatic rings. The van der Waals surface area contributed by atoms with Crippen molar-refractivity contribution in [2.24, 2.45) is 0 Å². The first-order valence-corrected chi connectivity index (χ1v) is 7.63. The molecule has 0 radical (unpaired) electrons. The maximum Gasteiger partial charge on any atom is 0.246 e. The van der Waals surface area contributed by atoms with Gasteiger partial charge in [-0.3, -0.25) is 4.79 Å². The molecular formula is C11H17N3O4S. The summed E-state index contributed by atoms with van der Waals surface area (Å²) < 4.78 is 31.8. The molecule has 1 atom stereocenters. The lowest BCUT2D eigenvalue weighted by Crippen LogP contribution is -2.45. The Kier molecular flexibility index (Phi) is 3.91. The SMILES string of the molecule is Cc1noc(C)c1S(=O)(=O)NC1CCCCNC1=O. The number of hydrogen-bond acceptors (Lipinski definition) is 5. The molecule has 19 heavy (non-hydrogen) atoms. The molecule has 2 N–H and O–H groups in total. The summed E-state index contributed by atoms with van der Waals surface area (Å²) >= 11 is 0. The largest absolute Gasteiger partial charge is 0.360 e. The second-order valence-corrected chi connectivity index (χ2v) is 6.26. The van der Waals surface area contributed by atoms with Crippen LogP contribution >= 0.6 is 0 Å². The standard InChI is InChI=1S/C11H17N3O4S/c1-7-10(8(2)18-13-7)19(16,17)14-9-5-3-4-6-12-11(9)15/h9,14H,3-6H2,1-2H3,(H,12,15). The van der Waals surface area contributed by atoms with Crippen LogP contribution in [0.2, 0.25) is 0 Å². The first kappa shape index (κ1) is 14.0. The van der Waals surface area contributed by atoms with Gasteiger partial charge in [0.05, 0.1) is 0 Å². The molecule has 2 heterocycles. The normalized spacial score (nSPS) is 20.9. The summed E-state index contributed by atoms with van der Waals surface area (Å²) in [5, 5.41) is 6.31. The van der Waals surface area contributed by atoms with E-state index in [1.807, 2.05) is 0 Å². The van der Waals surface area contributed by atoms with Crippen molar-refractivity contribution in [2.45, 2.75) is 44.0 Å². The molecule has 1 aliphatic heterocycles. The predicted octanol–water partition coefficient (Wildman–Crippen LogP) is 0.238. The molecule has 106 valence electrons. The van der Waals surface area contributed by atoms with Crippen molar-refractivity contribution in [3.63, 3.8) is 0 Å². The minimum atomic E-state index is -3.79. The third-order valence-corrected chi connectivity index (χ3v) is 4.78. The Morgan fingerprint density at radius 2 is 2.11 bits per heavy atom. The topological polar surface area (TPSA) is 101 Å². The fraction of sp³-hybridized carbons (Fsp3) is 0.636. The fourth-order valence-corrected chi connectivity index (χ4v) is 3.72. The van der Waals surface area contributed by atoms with Crippen LogP contribution in [0.5, 0.6) is 0 Å². The van der Waals surface area contributed by atoms with Gasteiger partial charge in [0.1, 0.15) is 16.6 Å². The van der Waals surface area contributed by atoms with Crippen LogP contribution in [-0.4, -0.2) is 32.1 Å². The van der Waals surface area contributed by atoms with Gasteiger partial charge >= 0.3 is 0 Å². The quantitative estimate of drug-likeness (QED) is 0.829. The zero-order valence-electron chi connectivity index (χ0n) is 10.9. The second kappa shape index (κ2) is 5.30. The Morgan fingerprint density at radius 3 is 2.74 bits per heavy atom. The molecule has 1 aliphatic rings. The number of aryl methyl sites for hydroxylation is 2. The highest BCUT2D eigenvalue weighted by Gasteiger charge is 2.30. The number of amides is 1. The van der Waals surface area contributed by atoms with E-state index in [1.165, 1.54) is 6.92 Å². The van der Waals surface area contributed by atoms with Crippen LogP contribution in [0.15, 0.2) is 9.42 Å². The highest BCUT2D eigenvalue weighted by Crippen LogP contribution is 2.19. The average molecular weight is 287 g/mol. The van der Waals surface area contributed by atoms with E-state index in [-0.39, 0.29) is 16.6 Å². The molecule has 2 rings (SSSR count). The lowest BCUT2D eigenvalue weighted by atomic mass is 10.1. The van der Waals surface area contributed by atoms with E-state index in [4.69, 9.17) is 4.52 Å². The van der Waals surface area contributed by atoms with Gasteiger partial charge in [-0.2, -0.15) is 4.72 Å². The lowest BCUT2D eigenvalue weighted by molar-refractivity contribution is -0.122. The van der Waals surface area contributed by atoms with E-state index in [0.717, 1.165) is 12.8 Å². The van der Waals surface area contributed by atoms with E-state index in [0.29, 0.717) is 18.7 Å². The number of hydrogen-bond donors (Lipinski definition) is 2. The summed E-state index contributed by atoms with van der Waals surface area (Å²) in [6.07, 6.45) is 2.15. The van der Waals surface area contributed by atoms with E-state index >= 15 is 0 Å². The maximum atomic E-state index is 12.3. The lowest BCUT2D eigenvalue weighted by Gasteiger charge is -2.15. The number of sulfonamides is 1. The molecule has 0 spiro atoms. The molecule has 0 saturated carbocycles. The molecular weight excluding hydrogens is 270 g/mol. The summed E-state index contributed by atoms with van der Waals surface area (Å²) in [6, 6.07) is -0.735. The Hall–Kier alpha value is -1.41. The highest BCUT2D eigenvalue weighted by molar-refractivity contribution is 7.89. The molecule has 0 aliphatic carbocycles. The van der Waals surface area contributed by atoms with E-state index in [1.54, 1.807) is 6.92 Å². The summed E-state index contributed by atoms with van der Waals surface area (Å²) in [5.74, 6) is -0.0631. The van der Waals surface area contributed by atoms with Gasteiger partial charge in [0.2, 0.25) is 15.9 Å². The highest BCUT2D eigenvalue weighted by atomic mass is 32.2.